The number of rotatable bonds is 1. The van der Waals surface area contributed by atoms with Gasteiger partial charge < -0.3 is 9.64 Å². The third-order valence-corrected chi connectivity index (χ3v) is 2.84. The number of fused-ring (bicyclic) bond motifs is 1. The van der Waals surface area contributed by atoms with E-state index < -0.39 is 0 Å². The van der Waals surface area contributed by atoms with Crippen molar-refractivity contribution in [3.63, 3.8) is 0 Å². The fourth-order valence-electron chi connectivity index (χ4n) is 1.88. The Labute approximate surface area is 89.4 Å². The molecule has 1 unspecified atom stereocenters. The lowest BCUT2D eigenvalue weighted by molar-refractivity contribution is 0.190. The van der Waals surface area contributed by atoms with Crippen molar-refractivity contribution in [2.24, 2.45) is 0 Å². The monoisotopic (exact) mass is 211 g/mol. The van der Waals surface area contributed by atoms with Crippen molar-refractivity contribution in [3.8, 4) is 5.75 Å². The Morgan fingerprint density at radius 1 is 1.43 bits per heavy atom. The summed E-state index contributed by atoms with van der Waals surface area (Å²) in [5, 5.41) is 0.779. The summed E-state index contributed by atoms with van der Waals surface area (Å²) in [6.07, 6.45) is 1.03. The molecule has 0 bridgehead atoms. The maximum Gasteiger partial charge on any atom is 0.124 e. The molecule has 0 amide bonds. The molecule has 2 nitrogen and oxygen atoms in total. The SMILES string of the molecule is CN(C)C1CCOc2ccc(Cl)cc21. The Kier molecular flexibility index (Phi) is 2.66. The summed E-state index contributed by atoms with van der Waals surface area (Å²) < 4.78 is 5.57. The van der Waals surface area contributed by atoms with Gasteiger partial charge >= 0.3 is 0 Å². The van der Waals surface area contributed by atoms with Crippen LogP contribution in [0.5, 0.6) is 5.75 Å². The number of nitrogens with zero attached hydrogens (tertiary/aromatic N) is 1. The second-order valence-corrected chi connectivity index (χ2v) is 4.24. The number of hydrogen-bond donors (Lipinski definition) is 0. The van der Waals surface area contributed by atoms with Crippen LogP contribution < -0.4 is 4.74 Å². The molecular formula is C11H14ClNO. The second-order valence-electron chi connectivity index (χ2n) is 3.80. The Hall–Kier alpha value is -0.730. The van der Waals surface area contributed by atoms with E-state index in [0.717, 1.165) is 23.8 Å². The van der Waals surface area contributed by atoms with E-state index in [0.29, 0.717) is 6.04 Å². The van der Waals surface area contributed by atoms with E-state index in [-0.39, 0.29) is 0 Å². The molecule has 0 aromatic heterocycles. The van der Waals surface area contributed by atoms with Crippen LogP contribution in [0.3, 0.4) is 0 Å². The molecule has 1 atom stereocenters. The zero-order valence-electron chi connectivity index (χ0n) is 8.46. The molecule has 14 heavy (non-hydrogen) atoms. The number of ether oxygens (including phenoxy) is 1. The molecule has 0 N–H and O–H groups in total. The molecule has 1 aromatic rings. The van der Waals surface area contributed by atoms with E-state index in [9.17, 15) is 0 Å². The Bertz CT molecular complexity index is 338. The van der Waals surface area contributed by atoms with Crippen LogP contribution >= 0.6 is 11.6 Å². The van der Waals surface area contributed by atoms with E-state index in [1.807, 2.05) is 18.2 Å². The highest BCUT2D eigenvalue weighted by atomic mass is 35.5. The normalized spacial score (nSPS) is 20.4. The maximum atomic E-state index is 5.97. The smallest absolute Gasteiger partial charge is 0.124 e. The highest BCUT2D eigenvalue weighted by molar-refractivity contribution is 6.30. The van der Waals surface area contributed by atoms with Gasteiger partial charge in [0.25, 0.3) is 0 Å². The van der Waals surface area contributed by atoms with Gasteiger partial charge in [0.1, 0.15) is 5.75 Å². The van der Waals surface area contributed by atoms with Gasteiger partial charge in [-0.3, -0.25) is 0 Å². The van der Waals surface area contributed by atoms with Crippen LogP contribution in [0.25, 0.3) is 0 Å². The molecular weight excluding hydrogens is 198 g/mol. The number of halogens is 1. The fourth-order valence-corrected chi connectivity index (χ4v) is 2.06. The Morgan fingerprint density at radius 3 is 2.93 bits per heavy atom. The molecule has 0 saturated carbocycles. The van der Waals surface area contributed by atoms with Crippen LogP contribution in [0.1, 0.15) is 18.0 Å². The summed E-state index contributed by atoms with van der Waals surface area (Å²) >= 11 is 5.97. The van der Waals surface area contributed by atoms with Gasteiger partial charge in [0, 0.05) is 23.0 Å². The largest absolute Gasteiger partial charge is 0.493 e. The van der Waals surface area contributed by atoms with Gasteiger partial charge in [-0.25, -0.2) is 0 Å². The first-order valence-electron chi connectivity index (χ1n) is 4.77. The topological polar surface area (TPSA) is 12.5 Å². The van der Waals surface area contributed by atoms with Gasteiger partial charge in [0.2, 0.25) is 0 Å². The van der Waals surface area contributed by atoms with E-state index in [1.54, 1.807) is 0 Å². The predicted molar refractivity (Wildman–Crippen MR) is 58.0 cm³/mol. The summed E-state index contributed by atoms with van der Waals surface area (Å²) in [5.41, 5.74) is 1.20. The lowest BCUT2D eigenvalue weighted by Crippen LogP contribution is -2.26. The number of benzene rings is 1. The van der Waals surface area contributed by atoms with E-state index in [1.165, 1.54) is 5.56 Å². The lowest BCUT2D eigenvalue weighted by Gasteiger charge is -2.30. The van der Waals surface area contributed by atoms with Gasteiger partial charge in [-0.2, -0.15) is 0 Å². The molecule has 1 heterocycles. The molecule has 76 valence electrons. The minimum absolute atomic E-state index is 0.428. The van der Waals surface area contributed by atoms with E-state index in [4.69, 9.17) is 16.3 Å². The number of hydrogen-bond acceptors (Lipinski definition) is 2. The summed E-state index contributed by atoms with van der Waals surface area (Å²) in [7, 11) is 4.17. The fraction of sp³-hybridized carbons (Fsp3) is 0.455. The first kappa shape index (κ1) is 9.81. The molecule has 0 radical (unpaired) electrons. The first-order chi connectivity index (χ1) is 6.68. The van der Waals surface area contributed by atoms with Crippen molar-refractivity contribution in [2.45, 2.75) is 12.5 Å². The van der Waals surface area contributed by atoms with Crippen LogP contribution in [0.4, 0.5) is 0 Å². The zero-order chi connectivity index (χ0) is 10.1. The van der Waals surface area contributed by atoms with E-state index >= 15 is 0 Å². The van der Waals surface area contributed by atoms with Crippen LogP contribution in [-0.4, -0.2) is 25.6 Å². The van der Waals surface area contributed by atoms with Crippen molar-refractivity contribution in [1.82, 2.24) is 4.90 Å². The average Bonchev–Trinajstić information content (AvgIpc) is 2.16. The molecule has 1 aliphatic rings. The minimum Gasteiger partial charge on any atom is -0.493 e. The van der Waals surface area contributed by atoms with Gasteiger partial charge in [-0.1, -0.05) is 11.6 Å². The quantitative estimate of drug-likeness (QED) is 0.708. The second kappa shape index (κ2) is 3.79. The van der Waals surface area contributed by atoms with Crippen molar-refractivity contribution in [3.05, 3.63) is 28.8 Å². The van der Waals surface area contributed by atoms with Crippen LogP contribution in [0.2, 0.25) is 5.02 Å². The van der Waals surface area contributed by atoms with Crippen molar-refractivity contribution < 1.29 is 4.74 Å². The average molecular weight is 212 g/mol. The van der Waals surface area contributed by atoms with E-state index in [2.05, 4.69) is 19.0 Å². The highest BCUT2D eigenvalue weighted by Gasteiger charge is 2.22. The van der Waals surface area contributed by atoms with Crippen LogP contribution in [0.15, 0.2) is 18.2 Å². The molecule has 2 rings (SSSR count). The summed E-state index contributed by atoms with van der Waals surface area (Å²) in [6.45, 7) is 0.789. The molecule has 1 aliphatic heterocycles. The lowest BCUT2D eigenvalue weighted by atomic mass is 10.00. The van der Waals surface area contributed by atoms with Crippen molar-refractivity contribution in [1.29, 1.82) is 0 Å². The molecule has 0 spiro atoms. The molecule has 0 aliphatic carbocycles. The molecule has 1 aromatic carbocycles. The highest BCUT2D eigenvalue weighted by Crippen LogP contribution is 2.36. The Balaban J connectivity index is 2.41. The standard InChI is InChI=1S/C11H14ClNO/c1-13(2)10-5-6-14-11-4-3-8(12)7-9(10)11/h3-4,7,10H,5-6H2,1-2H3. The summed E-state index contributed by atoms with van der Waals surface area (Å²) in [5.74, 6) is 0.972. The minimum atomic E-state index is 0.428. The van der Waals surface area contributed by atoms with Gasteiger partial charge in [-0.05, 0) is 32.3 Å². The van der Waals surface area contributed by atoms with Gasteiger partial charge in [-0.15, -0.1) is 0 Å². The molecule has 3 heteroatoms. The Morgan fingerprint density at radius 2 is 2.21 bits per heavy atom. The van der Waals surface area contributed by atoms with Gasteiger partial charge in [0.05, 0.1) is 6.61 Å². The summed E-state index contributed by atoms with van der Waals surface area (Å²) in [6, 6.07) is 6.25. The summed E-state index contributed by atoms with van der Waals surface area (Å²) in [4.78, 5) is 2.21. The first-order valence-corrected chi connectivity index (χ1v) is 5.15. The maximum absolute atomic E-state index is 5.97. The van der Waals surface area contributed by atoms with Crippen LogP contribution in [-0.2, 0) is 0 Å². The third kappa shape index (κ3) is 1.72. The third-order valence-electron chi connectivity index (χ3n) is 2.60. The predicted octanol–water partition coefficient (Wildman–Crippen LogP) is 2.73. The molecule has 0 saturated heterocycles. The van der Waals surface area contributed by atoms with Crippen LogP contribution in [0, 0.1) is 0 Å². The van der Waals surface area contributed by atoms with Gasteiger partial charge in [0.15, 0.2) is 0 Å². The molecule has 0 fully saturated rings. The van der Waals surface area contributed by atoms with Crippen molar-refractivity contribution in [2.75, 3.05) is 20.7 Å². The zero-order valence-corrected chi connectivity index (χ0v) is 9.21. The van der Waals surface area contributed by atoms with Crippen molar-refractivity contribution >= 4 is 11.6 Å².